The van der Waals surface area contributed by atoms with Gasteiger partial charge in [0.25, 0.3) is 5.91 Å². The van der Waals surface area contributed by atoms with Gasteiger partial charge in [-0.2, -0.15) is 0 Å². The highest BCUT2D eigenvalue weighted by Crippen LogP contribution is 2.34. The van der Waals surface area contributed by atoms with Crippen LogP contribution in [0.15, 0.2) is 47.4 Å². The Morgan fingerprint density at radius 2 is 1.84 bits per heavy atom. The number of halogens is 2. The van der Waals surface area contributed by atoms with Gasteiger partial charge in [-0.1, -0.05) is 71.4 Å². The highest BCUT2D eigenvalue weighted by atomic mass is 35.5. The molecule has 0 unspecified atom stereocenters. The first-order valence-electron chi connectivity index (χ1n) is 7.33. The SMILES string of the molecule is CN1C(=O)/C(=C/c2ccccc2OCc2c(Cl)cccc2Cl)SC1=S. The van der Waals surface area contributed by atoms with Crippen molar-refractivity contribution < 1.29 is 9.53 Å². The molecule has 0 N–H and O–H groups in total. The molecule has 1 amide bonds. The molecule has 3 nitrogen and oxygen atoms in total. The monoisotopic (exact) mass is 409 g/mol. The summed E-state index contributed by atoms with van der Waals surface area (Å²) in [7, 11) is 1.67. The Kier molecular flexibility index (Phi) is 5.69. The van der Waals surface area contributed by atoms with Gasteiger partial charge in [-0.15, -0.1) is 0 Å². The fourth-order valence-corrected chi connectivity index (χ4v) is 3.92. The number of benzene rings is 2. The number of rotatable bonds is 4. The normalized spacial score (nSPS) is 16.0. The van der Waals surface area contributed by atoms with Crippen molar-refractivity contribution in [1.82, 2.24) is 4.90 Å². The van der Waals surface area contributed by atoms with Crippen molar-refractivity contribution >= 4 is 63.5 Å². The first-order valence-corrected chi connectivity index (χ1v) is 9.31. The van der Waals surface area contributed by atoms with E-state index in [9.17, 15) is 4.79 Å². The second-order valence-electron chi connectivity index (χ2n) is 5.27. The maximum absolute atomic E-state index is 12.2. The number of thioether (sulfide) groups is 1. The Morgan fingerprint density at radius 1 is 1.16 bits per heavy atom. The van der Waals surface area contributed by atoms with E-state index in [0.717, 1.165) is 11.1 Å². The topological polar surface area (TPSA) is 29.5 Å². The van der Waals surface area contributed by atoms with Crippen LogP contribution in [0.25, 0.3) is 6.08 Å². The number of para-hydroxylation sites is 1. The van der Waals surface area contributed by atoms with Gasteiger partial charge in [0, 0.05) is 28.2 Å². The van der Waals surface area contributed by atoms with Crippen molar-refractivity contribution in [3.8, 4) is 5.75 Å². The first-order chi connectivity index (χ1) is 12.0. The van der Waals surface area contributed by atoms with Crippen LogP contribution in [0.3, 0.4) is 0 Å². The van der Waals surface area contributed by atoms with Gasteiger partial charge >= 0.3 is 0 Å². The Hall–Kier alpha value is -1.53. The van der Waals surface area contributed by atoms with Crippen molar-refractivity contribution in [3.63, 3.8) is 0 Å². The molecular weight excluding hydrogens is 397 g/mol. The van der Waals surface area contributed by atoms with Crippen LogP contribution < -0.4 is 4.74 Å². The molecule has 0 bridgehead atoms. The number of carbonyl (C=O) groups excluding carboxylic acids is 1. The van der Waals surface area contributed by atoms with Gasteiger partial charge in [-0.25, -0.2) is 0 Å². The minimum Gasteiger partial charge on any atom is -0.488 e. The lowest BCUT2D eigenvalue weighted by Crippen LogP contribution is -2.22. The minimum atomic E-state index is -0.112. The fourth-order valence-electron chi connectivity index (χ4n) is 2.24. The number of carbonyl (C=O) groups is 1. The zero-order valence-corrected chi connectivity index (χ0v) is 16.3. The van der Waals surface area contributed by atoms with E-state index in [-0.39, 0.29) is 12.5 Å². The van der Waals surface area contributed by atoms with Crippen molar-refractivity contribution in [3.05, 3.63) is 68.5 Å². The molecule has 1 saturated heterocycles. The van der Waals surface area contributed by atoms with Crippen molar-refractivity contribution in [1.29, 1.82) is 0 Å². The molecule has 1 aliphatic rings. The summed E-state index contributed by atoms with van der Waals surface area (Å²) < 4.78 is 6.44. The summed E-state index contributed by atoms with van der Waals surface area (Å²) in [5, 5.41) is 1.11. The molecule has 1 heterocycles. The van der Waals surface area contributed by atoms with E-state index >= 15 is 0 Å². The molecule has 2 aromatic carbocycles. The maximum atomic E-state index is 12.2. The summed E-state index contributed by atoms with van der Waals surface area (Å²) in [5.74, 6) is 0.527. The lowest BCUT2D eigenvalue weighted by atomic mass is 10.1. The average molecular weight is 410 g/mol. The number of hydrogen-bond donors (Lipinski definition) is 0. The fraction of sp³-hybridized carbons (Fsp3) is 0.111. The molecular formula is C18H13Cl2NO2S2. The van der Waals surface area contributed by atoms with Crippen LogP contribution in [-0.4, -0.2) is 22.2 Å². The zero-order chi connectivity index (χ0) is 18.0. The van der Waals surface area contributed by atoms with E-state index in [2.05, 4.69) is 0 Å². The Bertz CT molecular complexity index is 863. The van der Waals surface area contributed by atoms with E-state index in [1.54, 1.807) is 31.3 Å². The quantitative estimate of drug-likeness (QED) is 0.499. The third kappa shape index (κ3) is 4.01. The molecule has 128 valence electrons. The lowest BCUT2D eigenvalue weighted by Gasteiger charge is -2.12. The molecule has 1 aliphatic heterocycles. The summed E-state index contributed by atoms with van der Waals surface area (Å²) >= 11 is 18.8. The molecule has 2 aromatic rings. The summed E-state index contributed by atoms with van der Waals surface area (Å²) in [6.07, 6.45) is 1.78. The molecule has 0 radical (unpaired) electrons. The van der Waals surface area contributed by atoms with Gasteiger partial charge in [0.05, 0.1) is 4.91 Å². The molecule has 3 rings (SSSR count). The average Bonchev–Trinajstić information content (AvgIpc) is 2.83. The van der Waals surface area contributed by atoms with Gasteiger partial charge in [0.15, 0.2) is 0 Å². The van der Waals surface area contributed by atoms with Crippen LogP contribution in [0, 0.1) is 0 Å². The third-order valence-corrected chi connectivity index (χ3v) is 5.82. The summed E-state index contributed by atoms with van der Waals surface area (Å²) in [4.78, 5) is 14.2. The molecule has 0 aliphatic carbocycles. The van der Waals surface area contributed by atoms with Gasteiger partial charge in [0.1, 0.15) is 16.7 Å². The van der Waals surface area contributed by atoms with E-state index in [4.69, 9.17) is 40.2 Å². The van der Waals surface area contributed by atoms with Gasteiger partial charge in [0.2, 0.25) is 0 Å². The lowest BCUT2D eigenvalue weighted by molar-refractivity contribution is -0.121. The van der Waals surface area contributed by atoms with Crippen LogP contribution in [0.2, 0.25) is 10.0 Å². The first kappa shape index (κ1) is 18.3. The number of thiocarbonyl (C=S) groups is 1. The van der Waals surface area contributed by atoms with E-state index < -0.39 is 0 Å². The second kappa shape index (κ2) is 7.79. The van der Waals surface area contributed by atoms with E-state index in [1.165, 1.54) is 16.7 Å². The second-order valence-corrected chi connectivity index (χ2v) is 7.76. The molecule has 0 saturated carbocycles. The molecule has 25 heavy (non-hydrogen) atoms. The number of amides is 1. The standard InChI is InChI=1S/C18H13Cl2NO2S2/c1-21-17(22)16(25-18(21)24)9-11-5-2-3-8-15(11)23-10-12-13(19)6-4-7-14(12)20/h2-9H,10H2,1H3/b16-9-. The van der Waals surface area contributed by atoms with Crippen molar-refractivity contribution in [2.75, 3.05) is 7.05 Å². The number of hydrogen-bond acceptors (Lipinski definition) is 4. The maximum Gasteiger partial charge on any atom is 0.265 e. The van der Waals surface area contributed by atoms with Crippen LogP contribution in [0.5, 0.6) is 5.75 Å². The molecule has 0 aromatic heterocycles. The predicted molar refractivity (Wildman–Crippen MR) is 108 cm³/mol. The molecule has 1 fully saturated rings. The van der Waals surface area contributed by atoms with Gasteiger partial charge in [-0.05, 0) is 24.3 Å². The van der Waals surface area contributed by atoms with Crippen LogP contribution in [-0.2, 0) is 11.4 Å². The number of ether oxygens (including phenoxy) is 1. The van der Waals surface area contributed by atoms with Crippen molar-refractivity contribution in [2.45, 2.75) is 6.61 Å². The minimum absolute atomic E-state index is 0.112. The Morgan fingerprint density at radius 3 is 2.48 bits per heavy atom. The smallest absolute Gasteiger partial charge is 0.265 e. The summed E-state index contributed by atoms with van der Waals surface area (Å²) in [6, 6.07) is 12.8. The zero-order valence-electron chi connectivity index (χ0n) is 13.2. The van der Waals surface area contributed by atoms with Crippen LogP contribution >= 0.6 is 47.2 Å². The third-order valence-electron chi connectivity index (χ3n) is 3.63. The van der Waals surface area contributed by atoms with Crippen LogP contribution in [0.1, 0.15) is 11.1 Å². The molecule has 0 spiro atoms. The highest BCUT2D eigenvalue weighted by molar-refractivity contribution is 8.26. The van der Waals surface area contributed by atoms with Gasteiger partial charge < -0.3 is 4.74 Å². The van der Waals surface area contributed by atoms with E-state index in [0.29, 0.717) is 25.0 Å². The van der Waals surface area contributed by atoms with Crippen molar-refractivity contribution in [2.24, 2.45) is 0 Å². The number of nitrogens with zero attached hydrogens (tertiary/aromatic N) is 1. The Balaban J connectivity index is 1.85. The van der Waals surface area contributed by atoms with Gasteiger partial charge in [-0.3, -0.25) is 9.69 Å². The number of likely N-dealkylation sites (N-methyl/N-ethyl adjacent to an activating group) is 1. The Labute approximate surface area is 165 Å². The summed E-state index contributed by atoms with van der Waals surface area (Å²) in [5.41, 5.74) is 1.51. The van der Waals surface area contributed by atoms with Crippen LogP contribution in [0.4, 0.5) is 0 Å². The predicted octanol–water partition coefficient (Wildman–Crippen LogP) is 5.40. The summed E-state index contributed by atoms with van der Waals surface area (Å²) in [6.45, 7) is 0.234. The highest BCUT2D eigenvalue weighted by Gasteiger charge is 2.28. The van der Waals surface area contributed by atoms with E-state index in [1.807, 2.05) is 24.3 Å². The largest absolute Gasteiger partial charge is 0.488 e. The molecule has 7 heteroatoms. The molecule has 0 atom stereocenters.